The van der Waals surface area contributed by atoms with Crippen molar-refractivity contribution in [3.63, 3.8) is 0 Å². The van der Waals surface area contributed by atoms with Crippen LogP contribution >= 0.6 is 15.9 Å². The highest BCUT2D eigenvalue weighted by Crippen LogP contribution is 2.32. The van der Waals surface area contributed by atoms with Gasteiger partial charge in [0.25, 0.3) is 0 Å². The highest BCUT2D eigenvalue weighted by Gasteiger charge is 2.12. The molecule has 0 spiro atoms. The Labute approximate surface area is 127 Å². The third kappa shape index (κ3) is 3.84. The lowest BCUT2D eigenvalue weighted by molar-refractivity contribution is 0.413. The van der Waals surface area contributed by atoms with Gasteiger partial charge in [-0.1, -0.05) is 29.8 Å². The van der Waals surface area contributed by atoms with E-state index in [1.165, 1.54) is 0 Å². The zero-order valence-electron chi connectivity index (χ0n) is 11.9. The zero-order valence-corrected chi connectivity index (χ0v) is 13.5. The number of ether oxygens (including phenoxy) is 1. The first-order chi connectivity index (χ1) is 9.60. The predicted octanol–water partition coefficient (Wildman–Crippen LogP) is 3.65. The summed E-state index contributed by atoms with van der Waals surface area (Å²) in [7, 11) is 1.65. The standard InChI is InChI=1S/C15H19BrN2O2/c1-10(2)17-7-6-15-18-9-14(20-15)12-5-4-11(16)8-13(12)19-3/h4-5,8-10,17H,6-7H2,1-3H3. The molecule has 0 saturated carbocycles. The van der Waals surface area contributed by atoms with Crippen molar-refractivity contribution in [1.29, 1.82) is 0 Å². The Bertz CT molecular complexity index is 567. The van der Waals surface area contributed by atoms with Gasteiger partial charge in [-0.15, -0.1) is 0 Å². The van der Waals surface area contributed by atoms with Crippen molar-refractivity contribution in [2.75, 3.05) is 13.7 Å². The van der Waals surface area contributed by atoms with Gasteiger partial charge >= 0.3 is 0 Å². The molecule has 1 aromatic carbocycles. The summed E-state index contributed by atoms with van der Waals surface area (Å²) in [6, 6.07) is 6.30. The van der Waals surface area contributed by atoms with Gasteiger partial charge in [-0.25, -0.2) is 4.98 Å². The van der Waals surface area contributed by atoms with Crippen LogP contribution in [0.5, 0.6) is 5.75 Å². The van der Waals surface area contributed by atoms with E-state index in [0.29, 0.717) is 6.04 Å². The normalized spacial score (nSPS) is 11.1. The quantitative estimate of drug-likeness (QED) is 0.873. The highest BCUT2D eigenvalue weighted by atomic mass is 79.9. The Kier molecular flexibility index (Phi) is 5.20. The summed E-state index contributed by atoms with van der Waals surface area (Å²) in [5.74, 6) is 2.23. The van der Waals surface area contributed by atoms with Gasteiger partial charge < -0.3 is 14.5 Å². The van der Waals surface area contributed by atoms with Crippen LogP contribution in [0.2, 0.25) is 0 Å². The minimum Gasteiger partial charge on any atom is -0.496 e. The topological polar surface area (TPSA) is 47.3 Å². The van der Waals surface area contributed by atoms with E-state index in [1.54, 1.807) is 13.3 Å². The molecule has 0 fully saturated rings. The first-order valence-electron chi connectivity index (χ1n) is 6.62. The minimum absolute atomic E-state index is 0.469. The summed E-state index contributed by atoms with van der Waals surface area (Å²) >= 11 is 3.43. The lowest BCUT2D eigenvalue weighted by atomic mass is 10.1. The number of halogens is 1. The van der Waals surface area contributed by atoms with E-state index in [0.717, 1.165) is 40.4 Å². The van der Waals surface area contributed by atoms with Crippen LogP contribution in [0.15, 0.2) is 33.3 Å². The molecule has 0 bridgehead atoms. The number of aromatic nitrogens is 1. The fourth-order valence-corrected chi connectivity index (χ4v) is 2.23. The summed E-state index contributed by atoms with van der Waals surface area (Å²) in [4.78, 5) is 4.31. The largest absolute Gasteiger partial charge is 0.496 e. The van der Waals surface area contributed by atoms with Crippen LogP contribution in [0.25, 0.3) is 11.3 Å². The van der Waals surface area contributed by atoms with Crippen LogP contribution in [-0.2, 0) is 6.42 Å². The Hall–Kier alpha value is -1.33. The fourth-order valence-electron chi connectivity index (χ4n) is 1.89. The molecule has 0 atom stereocenters. The Balaban J connectivity index is 2.12. The minimum atomic E-state index is 0.469. The molecule has 0 aliphatic rings. The van der Waals surface area contributed by atoms with Crippen LogP contribution in [-0.4, -0.2) is 24.7 Å². The predicted molar refractivity (Wildman–Crippen MR) is 83.0 cm³/mol. The van der Waals surface area contributed by atoms with Crippen molar-refractivity contribution in [2.24, 2.45) is 0 Å². The number of hydrogen-bond donors (Lipinski definition) is 1. The lowest BCUT2D eigenvalue weighted by Gasteiger charge is -2.06. The van der Waals surface area contributed by atoms with Crippen molar-refractivity contribution in [1.82, 2.24) is 10.3 Å². The van der Waals surface area contributed by atoms with Gasteiger partial charge in [-0.3, -0.25) is 0 Å². The monoisotopic (exact) mass is 338 g/mol. The van der Waals surface area contributed by atoms with Crippen LogP contribution in [0.4, 0.5) is 0 Å². The number of nitrogens with one attached hydrogen (secondary N) is 1. The number of benzene rings is 1. The van der Waals surface area contributed by atoms with Crippen molar-refractivity contribution < 1.29 is 9.15 Å². The Morgan fingerprint density at radius 1 is 1.40 bits per heavy atom. The van der Waals surface area contributed by atoms with Gasteiger partial charge in [0, 0.05) is 23.5 Å². The summed E-state index contributed by atoms with van der Waals surface area (Å²) in [5, 5.41) is 3.34. The van der Waals surface area contributed by atoms with E-state index in [2.05, 4.69) is 40.1 Å². The second-order valence-electron chi connectivity index (χ2n) is 4.82. The van der Waals surface area contributed by atoms with Crippen LogP contribution in [0.1, 0.15) is 19.7 Å². The second kappa shape index (κ2) is 6.90. The maximum atomic E-state index is 5.79. The number of rotatable bonds is 6. The molecule has 0 radical (unpaired) electrons. The molecular formula is C15H19BrN2O2. The molecule has 0 saturated heterocycles. The molecule has 1 aromatic heterocycles. The number of nitrogens with zero attached hydrogens (tertiary/aromatic N) is 1. The molecule has 1 N–H and O–H groups in total. The van der Waals surface area contributed by atoms with Gasteiger partial charge in [0.2, 0.25) is 0 Å². The molecule has 2 aromatic rings. The number of methoxy groups -OCH3 is 1. The fraction of sp³-hybridized carbons (Fsp3) is 0.400. The first-order valence-corrected chi connectivity index (χ1v) is 7.41. The third-order valence-corrected chi connectivity index (χ3v) is 3.37. The number of hydrogen-bond acceptors (Lipinski definition) is 4. The Morgan fingerprint density at radius 2 is 2.20 bits per heavy atom. The third-order valence-electron chi connectivity index (χ3n) is 2.87. The average Bonchev–Trinajstić information content (AvgIpc) is 2.86. The van der Waals surface area contributed by atoms with E-state index in [9.17, 15) is 0 Å². The molecule has 0 amide bonds. The Morgan fingerprint density at radius 3 is 2.90 bits per heavy atom. The maximum Gasteiger partial charge on any atom is 0.196 e. The van der Waals surface area contributed by atoms with E-state index in [-0.39, 0.29) is 0 Å². The van der Waals surface area contributed by atoms with Crippen molar-refractivity contribution >= 4 is 15.9 Å². The maximum absolute atomic E-state index is 5.79. The van der Waals surface area contributed by atoms with Gasteiger partial charge in [0.05, 0.1) is 18.9 Å². The molecule has 5 heteroatoms. The van der Waals surface area contributed by atoms with Gasteiger partial charge in [0.1, 0.15) is 5.75 Å². The van der Waals surface area contributed by atoms with Crippen LogP contribution in [0, 0.1) is 0 Å². The first kappa shape index (κ1) is 15.1. The van der Waals surface area contributed by atoms with Crippen molar-refractivity contribution in [2.45, 2.75) is 26.3 Å². The molecule has 1 heterocycles. The van der Waals surface area contributed by atoms with E-state index in [1.807, 2.05) is 18.2 Å². The van der Waals surface area contributed by atoms with Crippen molar-refractivity contribution in [3.8, 4) is 17.1 Å². The molecule has 108 valence electrons. The van der Waals surface area contributed by atoms with Gasteiger partial charge in [-0.05, 0) is 18.2 Å². The van der Waals surface area contributed by atoms with Crippen LogP contribution < -0.4 is 10.1 Å². The molecular weight excluding hydrogens is 320 g/mol. The molecule has 0 aliphatic heterocycles. The molecule has 2 rings (SSSR count). The summed E-state index contributed by atoms with van der Waals surface area (Å²) < 4.78 is 12.1. The molecule has 20 heavy (non-hydrogen) atoms. The lowest BCUT2D eigenvalue weighted by Crippen LogP contribution is -2.24. The molecule has 0 unspecified atom stereocenters. The average molecular weight is 339 g/mol. The summed E-state index contributed by atoms with van der Waals surface area (Å²) in [6.45, 7) is 5.09. The van der Waals surface area contributed by atoms with Crippen LogP contribution in [0.3, 0.4) is 0 Å². The molecule has 0 aliphatic carbocycles. The van der Waals surface area contributed by atoms with E-state index >= 15 is 0 Å². The highest BCUT2D eigenvalue weighted by molar-refractivity contribution is 9.10. The summed E-state index contributed by atoms with van der Waals surface area (Å²) in [6.07, 6.45) is 2.52. The van der Waals surface area contributed by atoms with Crippen molar-refractivity contribution in [3.05, 3.63) is 34.8 Å². The zero-order chi connectivity index (χ0) is 14.5. The molecule has 4 nitrogen and oxygen atoms in total. The number of oxazole rings is 1. The SMILES string of the molecule is COc1cc(Br)ccc1-c1cnc(CCNC(C)C)o1. The van der Waals surface area contributed by atoms with Gasteiger partial charge in [-0.2, -0.15) is 0 Å². The summed E-state index contributed by atoms with van der Waals surface area (Å²) in [5.41, 5.74) is 0.909. The van der Waals surface area contributed by atoms with E-state index in [4.69, 9.17) is 9.15 Å². The second-order valence-corrected chi connectivity index (χ2v) is 5.74. The van der Waals surface area contributed by atoms with E-state index < -0.39 is 0 Å². The smallest absolute Gasteiger partial charge is 0.196 e. The van der Waals surface area contributed by atoms with Gasteiger partial charge in [0.15, 0.2) is 11.7 Å².